The molecule has 1 amide bonds. The molecule has 3 N–H and O–H groups in total. The molecule has 158 valence electrons. The van der Waals surface area contributed by atoms with E-state index in [1.165, 1.54) is 5.56 Å². The van der Waals surface area contributed by atoms with Crippen molar-refractivity contribution in [3.8, 4) is 0 Å². The first kappa shape index (κ1) is 19.5. The van der Waals surface area contributed by atoms with Crippen LogP contribution in [0.4, 0.5) is 0 Å². The van der Waals surface area contributed by atoms with E-state index < -0.39 is 0 Å². The smallest absolute Gasteiger partial charge is 0.250 e. The maximum absolute atomic E-state index is 12.9. The van der Waals surface area contributed by atoms with E-state index in [9.17, 15) is 9.59 Å². The van der Waals surface area contributed by atoms with E-state index >= 15 is 0 Å². The molecule has 3 fully saturated rings. The number of amides is 1. The van der Waals surface area contributed by atoms with Crippen LogP contribution in [0, 0.1) is 17.8 Å². The fourth-order valence-corrected chi connectivity index (χ4v) is 5.87. The Balaban J connectivity index is 1.35. The summed E-state index contributed by atoms with van der Waals surface area (Å²) in [5, 5.41) is 3.35. The van der Waals surface area contributed by atoms with Crippen molar-refractivity contribution in [2.75, 3.05) is 0 Å². The molecule has 5 rings (SSSR count). The summed E-state index contributed by atoms with van der Waals surface area (Å²) >= 11 is 0. The quantitative estimate of drug-likeness (QED) is 0.731. The van der Waals surface area contributed by atoms with Crippen LogP contribution in [-0.2, 0) is 11.8 Å². The summed E-state index contributed by atoms with van der Waals surface area (Å²) in [6.07, 6.45) is 4.90. The zero-order chi connectivity index (χ0) is 20.8. The lowest BCUT2D eigenvalue weighted by molar-refractivity contribution is -0.131. The first-order valence-corrected chi connectivity index (χ1v) is 11.0. The summed E-state index contributed by atoms with van der Waals surface area (Å²) in [6, 6.07) is 14.7. The van der Waals surface area contributed by atoms with Crippen LogP contribution < -0.4 is 21.7 Å². The van der Waals surface area contributed by atoms with Crippen molar-refractivity contribution in [2.45, 2.75) is 50.2 Å². The number of aryl methyl sites for hydroxylation is 1. The summed E-state index contributed by atoms with van der Waals surface area (Å²) in [7, 11) is 1.80. The molecular weight excluding hydrogens is 376 g/mol. The number of carbonyl (C=O) groups excluding carboxylic acids is 1. The largest absolute Gasteiger partial charge is 0.353 e. The van der Waals surface area contributed by atoms with Gasteiger partial charge in [0.25, 0.3) is 0 Å². The van der Waals surface area contributed by atoms with E-state index in [0.717, 1.165) is 24.8 Å². The minimum absolute atomic E-state index is 0.0118. The Bertz CT molecular complexity index is 988. The molecule has 1 saturated carbocycles. The molecule has 6 heteroatoms. The van der Waals surface area contributed by atoms with Gasteiger partial charge in [-0.3, -0.25) is 15.0 Å². The van der Waals surface area contributed by atoms with Crippen molar-refractivity contribution in [3.63, 3.8) is 0 Å². The van der Waals surface area contributed by atoms with E-state index in [0.29, 0.717) is 17.9 Å². The van der Waals surface area contributed by atoms with Gasteiger partial charge >= 0.3 is 0 Å². The van der Waals surface area contributed by atoms with Crippen LogP contribution in [0.1, 0.15) is 49.3 Å². The highest BCUT2D eigenvalue weighted by atomic mass is 16.2. The molecule has 3 heterocycles. The van der Waals surface area contributed by atoms with Crippen LogP contribution in [-0.4, -0.2) is 22.6 Å². The van der Waals surface area contributed by atoms with Crippen molar-refractivity contribution >= 4 is 5.91 Å². The van der Waals surface area contributed by atoms with Gasteiger partial charge in [-0.25, -0.2) is 5.43 Å². The number of rotatable bonds is 3. The lowest BCUT2D eigenvalue weighted by Crippen LogP contribution is -2.56. The number of pyridine rings is 1. The Kier molecular flexibility index (Phi) is 4.99. The van der Waals surface area contributed by atoms with Crippen molar-refractivity contribution in [1.82, 2.24) is 20.7 Å². The molecule has 0 bridgehead atoms. The predicted octanol–water partition coefficient (Wildman–Crippen LogP) is 2.24. The average Bonchev–Trinajstić information content (AvgIpc) is 3.16. The molecule has 6 nitrogen and oxygen atoms in total. The van der Waals surface area contributed by atoms with Crippen LogP contribution in [0.3, 0.4) is 0 Å². The second-order valence-corrected chi connectivity index (χ2v) is 9.34. The van der Waals surface area contributed by atoms with Crippen molar-refractivity contribution in [3.05, 3.63) is 70.1 Å². The Morgan fingerprint density at radius 3 is 2.53 bits per heavy atom. The van der Waals surface area contributed by atoms with Gasteiger partial charge in [-0.05, 0) is 48.1 Å². The van der Waals surface area contributed by atoms with Crippen molar-refractivity contribution < 1.29 is 4.79 Å². The molecule has 7 unspecified atom stereocenters. The fourth-order valence-electron chi connectivity index (χ4n) is 5.87. The standard InChI is InChI=1S/C24H30N4O2/c1-14(15-6-4-3-5-7-15)18-10-17-11-19-21(12-20(17)25-24(18)30)26-27-23(19)16-8-9-22(29)28(2)13-16/h3-9,13-14,17-21,23,26-27H,10-12H2,1-2H3,(H,25,30). The Labute approximate surface area is 177 Å². The Hall–Kier alpha value is -2.44. The van der Waals surface area contributed by atoms with Crippen LogP contribution in [0.15, 0.2) is 53.5 Å². The van der Waals surface area contributed by atoms with E-state index in [1.54, 1.807) is 17.7 Å². The third-order valence-corrected chi connectivity index (χ3v) is 7.64. The van der Waals surface area contributed by atoms with Gasteiger partial charge in [0.1, 0.15) is 0 Å². The molecule has 1 aromatic carbocycles. The van der Waals surface area contributed by atoms with Gasteiger partial charge in [0.2, 0.25) is 11.5 Å². The first-order chi connectivity index (χ1) is 14.5. The number of piperidine rings is 1. The lowest BCUT2D eigenvalue weighted by Gasteiger charge is -2.45. The summed E-state index contributed by atoms with van der Waals surface area (Å²) < 4.78 is 1.65. The minimum atomic E-state index is 0.0118. The second kappa shape index (κ2) is 7.67. The summed E-state index contributed by atoms with van der Waals surface area (Å²) in [5.74, 6) is 1.36. The minimum Gasteiger partial charge on any atom is -0.353 e. The highest BCUT2D eigenvalue weighted by molar-refractivity contribution is 5.81. The van der Waals surface area contributed by atoms with Crippen LogP contribution >= 0.6 is 0 Å². The molecule has 2 aliphatic heterocycles. The molecule has 7 atom stereocenters. The number of aromatic nitrogens is 1. The number of carbonyl (C=O) groups is 1. The van der Waals surface area contributed by atoms with E-state index in [4.69, 9.17) is 0 Å². The number of benzene rings is 1. The molecule has 2 aromatic rings. The number of hydrogen-bond donors (Lipinski definition) is 3. The monoisotopic (exact) mass is 406 g/mol. The number of nitrogens with one attached hydrogen (secondary N) is 3. The molecule has 1 aromatic heterocycles. The Morgan fingerprint density at radius 2 is 1.77 bits per heavy atom. The van der Waals surface area contributed by atoms with E-state index in [2.05, 4.69) is 35.2 Å². The van der Waals surface area contributed by atoms with Gasteiger partial charge in [-0.1, -0.05) is 43.3 Å². The topological polar surface area (TPSA) is 75.2 Å². The average molecular weight is 407 g/mol. The maximum atomic E-state index is 12.9. The van der Waals surface area contributed by atoms with E-state index in [1.807, 2.05) is 30.5 Å². The van der Waals surface area contributed by atoms with Crippen LogP contribution in [0.2, 0.25) is 0 Å². The van der Waals surface area contributed by atoms with Gasteiger partial charge in [-0.2, -0.15) is 0 Å². The zero-order valence-corrected chi connectivity index (χ0v) is 17.5. The summed E-state index contributed by atoms with van der Waals surface area (Å²) in [6.45, 7) is 2.18. The number of hydrazine groups is 1. The molecule has 1 aliphatic carbocycles. The molecule has 30 heavy (non-hydrogen) atoms. The van der Waals surface area contributed by atoms with Crippen LogP contribution in [0.25, 0.3) is 0 Å². The van der Waals surface area contributed by atoms with Crippen molar-refractivity contribution in [1.29, 1.82) is 0 Å². The summed E-state index contributed by atoms with van der Waals surface area (Å²) in [5.41, 5.74) is 9.31. The van der Waals surface area contributed by atoms with Gasteiger partial charge in [0.05, 0.1) is 6.04 Å². The van der Waals surface area contributed by atoms with Gasteiger partial charge in [-0.15, -0.1) is 0 Å². The van der Waals surface area contributed by atoms with Crippen molar-refractivity contribution in [2.24, 2.45) is 24.8 Å². The lowest BCUT2D eigenvalue weighted by atomic mass is 9.66. The second-order valence-electron chi connectivity index (χ2n) is 9.34. The van der Waals surface area contributed by atoms with Gasteiger partial charge in [0, 0.05) is 37.3 Å². The van der Waals surface area contributed by atoms with E-state index in [-0.39, 0.29) is 35.4 Å². The first-order valence-electron chi connectivity index (χ1n) is 11.0. The molecule has 0 radical (unpaired) electrons. The third kappa shape index (κ3) is 3.38. The Morgan fingerprint density at radius 1 is 0.967 bits per heavy atom. The highest BCUT2D eigenvalue weighted by Crippen LogP contribution is 2.45. The highest BCUT2D eigenvalue weighted by Gasteiger charge is 2.48. The molecular formula is C24H30N4O2. The predicted molar refractivity (Wildman–Crippen MR) is 116 cm³/mol. The number of hydrogen-bond acceptors (Lipinski definition) is 4. The molecule has 3 aliphatic rings. The SMILES string of the molecule is CC(c1ccccc1)C1CC2CC3C(CC2NC1=O)NNC3c1ccc(=O)n(C)c1. The van der Waals surface area contributed by atoms with Gasteiger partial charge < -0.3 is 9.88 Å². The summed E-state index contributed by atoms with van der Waals surface area (Å²) in [4.78, 5) is 24.7. The zero-order valence-electron chi connectivity index (χ0n) is 17.5. The number of fused-ring (bicyclic) bond motifs is 2. The third-order valence-electron chi connectivity index (χ3n) is 7.64. The molecule has 2 saturated heterocycles. The van der Waals surface area contributed by atoms with Crippen LogP contribution in [0.5, 0.6) is 0 Å². The maximum Gasteiger partial charge on any atom is 0.250 e. The number of nitrogens with zero attached hydrogens (tertiary/aromatic N) is 1. The van der Waals surface area contributed by atoms with Gasteiger partial charge in [0.15, 0.2) is 0 Å². The molecule has 0 spiro atoms. The normalized spacial score (nSPS) is 34.0. The fraction of sp³-hybridized carbons (Fsp3) is 0.500.